The summed E-state index contributed by atoms with van der Waals surface area (Å²) in [5.41, 5.74) is -7.63. The lowest BCUT2D eigenvalue weighted by atomic mass is 9.76. The van der Waals surface area contributed by atoms with Crippen molar-refractivity contribution in [3.05, 3.63) is 65.0 Å². The minimum Gasteiger partial charge on any atom is -0.337 e. The van der Waals surface area contributed by atoms with Gasteiger partial charge in [-0.25, -0.2) is 17.2 Å². The minimum absolute atomic E-state index is 0.0114. The van der Waals surface area contributed by atoms with Crippen molar-refractivity contribution >= 4 is 15.7 Å². The van der Waals surface area contributed by atoms with Gasteiger partial charge in [0, 0.05) is 30.1 Å². The highest BCUT2D eigenvalue weighted by molar-refractivity contribution is 7.92. The number of benzene rings is 2. The first-order chi connectivity index (χ1) is 20.0. The van der Waals surface area contributed by atoms with Gasteiger partial charge in [0.2, 0.25) is 5.91 Å². The Labute approximate surface area is 242 Å². The third-order valence-corrected chi connectivity index (χ3v) is 12.3. The lowest BCUT2D eigenvalue weighted by molar-refractivity contribution is -0.348. The zero-order valence-corrected chi connectivity index (χ0v) is 23.4. The molecule has 6 rings (SSSR count). The number of hydrogen-bond donors (Lipinski definition) is 1. The third-order valence-electron chi connectivity index (χ3n) is 9.77. The molecule has 43 heavy (non-hydrogen) atoms. The summed E-state index contributed by atoms with van der Waals surface area (Å²) in [6.45, 7) is -0.0114. The van der Waals surface area contributed by atoms with Gasteiger partial charge in [-0.15, -0.1) is 0 Å². The molecular formula is C29H28F8N2O3S. The molecule has 5 atom stereocenters. The van der Waals surface area contributed by atoms with Gasteiger partial charge < -0.3 is 10.2 Å². The number of rotatable bonds is 4. The van der Waals surface area contributed by atoms with Crippen LogP contribution in [0.1, 0.15) is 55.2 Å². The first-order valence-corrected chi connectivity index (χ1v) is 15.5. The van der Waals surface area contributed by atoms with E-state index in [0.29, 0.717) is 25.0 Å². The highest BCUT2D eigenvalue weighted by Crippen LogP contribution is 2.57. The Morgan fingerprint density at radius 2 is 1.49 bits per heavy atom. The van der Waals surface area contributed by atoms with Crippen LogP contribution in [0, 0.1) is 11.7 Å². The zero-order chi connectivity index (χ0) is 31.2. The van der Waals surface area contributed by atoms with Gasteiger partial charge in [0.05, 0.1) is 10.9 Å². The van der Waals surface area contributed by atoms with E-state index in [1.165, 1.54) is 4.90 Å². The van der Waals surface area contributed by atoms with Crippen molar-refractivity contribution in [3.63, 3.8) is 0 Å². The fourth-order valence-electron chi connectivity index (χ4n) is 7.81. The SMILES string of the molecule is O=C(C1C[C@H]2CC[C@@H](C1)N2)N1CC[C@]2(S(=O)(=O)c3ccc(F)cc3)c3ccc(C(F)(C(F)(F)F)C(F)(F)F)cc3CC[C@H]12. The molecule has 0 spiro atoms. The second-order valence-corrected chi connectivity index (χ2v) is 14.2. The van der Waals surface area contributed by atoms with Gasteiger partial charge in [-0.2, -0.15) is 26.3 Å². The number of aryl methyl sites for hydroxylation is 1. The largest absolute Gasteiger partial charge is 0.435 e. The highest BCUT2D eigenvalue weighted by Gasteiger charge is 2.74. The topological polar surface area (TPSA) is 66.5 Å². The van der Waals surface area contributed by atoms with E-state index in [9.17, 15) is 48.3 Å². The van der Waals surface area contributed by atoms with E-state index in [0.717, 1.165) is 43.2 Å². The maximum atomic E-state index is 15.0. The summed E-state index contributed by atoms with van der Waals surface area (Å²) in [7, 11) is -4.51. The summed E-state index contributed by atoms with van der Waals surface area (Å²) in [4.78, 5) is 15.1. The van der Waals surface area contributed by atoms with E-state index in [1.807, 2.05) is 0 Å². The van der Waals surface area contributed by atoms with Crippen molar-refractivity contribution in [3.8, 4) is 0 Å². The molecule has 234 valence electrons. The van der Waals surface area contributed by atoms with Gasteiger partial charge in [-0.3, -0.25) is 4.79 Å². The van der Waals surface area contributed by atoms with Crippen LogP contribution in [0.3, 0.4) is 0 Å². The van der Waals surface area contributed by atoms with Crippen molar-refractivity contribution in [2.45, 2.75) is 90.7 Å². The van der Waals surface area contributed by atoms with Crippen LogP contribution in [0.5, 0.6) is 0 Å². The number of likely N-dealkylation sites (tertiary alicyclic amines) is 1. The molecule has 3 fully saturated rings. The van der Waals surface area contributed by atoms with E-state index < -0.39 is 50.0 Å². The number of amides is 1. The van der Waals surface area contributed by atoms with E-state index in [1.54, 1.807) is 0 Å². The number of nitrogens with zero attached hydrogens (tertiary/aromatic N) is 1. The van der Waals surface area contributed by atoms with Gasteiger partial charge in [0.15, 0.2) is 9.84 Å². The fourth-order valence-corrected chi connectivity index (χ4v) is 10.2. The van der Waals surface area contributed by atoms with Crippen LogP contribution in [0.15, 0.2) is 47.4 Å². The predicted molar refractivity (Wildman–Crippen MR) is 138 cm³/mol. The van der Waals surface area contributed by atoms with Crippen LogP contribution in [0.4, 0.5) is 35.1 Å². The Hall–Kier alpha value is -2.74. The Morgan fingerprint density at radius 3 is 2.07 bits per heavy atom. The zero-order valence-electron chi connectivity index (χ0n) is 22.6. The molecule has 0 saturated carbocycles. The van der Waals surface area contributed by atoms with Crippen LogP contribution >= 0.6 is 0 Å². The van der Waals surface area contributed by atoms with Crippen molar-refractivity contribution in [1.29, 1.82) is 0 Å². The lowest BCUT2D eigenvalue weighted by Crippen LogP contribution is -2.54. The maximum Gasteiger partial charge on any atom is 0.435 e. The number of carbonyl (C=O) groups is 1. The van der Waals surface area contributed by atoms with Crippen LogP contribution in [-0.4, -0.2) is 56.2 Å². The molecule has 2 bridgehead atoms. The summed E-state index contributed by atoms with van der Waals surface area (Å²) in [5.74, 6) is -1.32. The van der Waals surface area contributed by atoms with Crippen LogP contribution in [0.25, 0.3) is 0 Å². The first kappa shape index (κ1) is 30.3. The second-order valence-electron chi connectivity index (χ2n) is 12.0. The summed E-state index contributed by atoms with van der Waals surface area (Å²) in [5, 5.41) is 3.44. The molecule has 2 aromatic rings. The average Bonchev–Trinajstić information content (AvgIpc) is 3.51. The molecule has 3 heterocycles. The maximum absolute atomic E-state index is 15.0. The molecule has 0 radical (unpaired) electrons. The van der Waals surface area contributed by atoms with E-state index in [4.69, 9.17) is 0 Å². The summed E-state index contributed by atoms with van der Waals surface area (Å²) >= 11 is 0. The molecule has 1 N–H and O–H groups in total. The quantitative estimate of drug-likeness (QED) is 0.338. The van der Waals surface area contributed by atoms with Gasteiger partial charge in [-0.05, 0) is 80.3 Å². The Bertz CT molecular complexity index is 1520. The summed E-state index contributed by atoms with van der Waals surface area (Å²) < 4.78 is 137. The smallest absolute Gasteiger partial charge is 0.337 e. The number of nitrogens with one attached hydrogen (secondary N) is 1. The molecule has 1 aliphatic carbocycles. The standard InChI is InChI=1S/C29H28F8N2O3S/c30-19-3-7-22(8-4-19)43(41,42)26-11-12-39(25(40)17-14-20-5-6-21(15-17)38-20)24(26)10-1-16-13-18(2-9-23(16)26)27(31,28(32,33)34)29(35,36)37/h2-4,7-9,13,17,20-21,24,38H,1,5-6,10-12,14-15H2/t17?,20-,21+,24-,26-/m0/s1. The van der Waals surface area contributed by atoms with Gasteiger partial charge >= 0.3 is 18.0 Å². The molecule has 3 aliphatic heterocycles. The van der Waals surface area contributed by atoms with Crippen molar-refractivity contribution in [1.82, 2.24) is 10.2 Å². The number of carbonyl (C=O) groups excluding carboxylic acids is 1. The van der Waals surface area contributed by atoms with E-state index in [2.05, 4.69) is 5.32 Å². The molecule has 5 nitrogen and oxygen atoms in total. The van der Waals surface area contributed by atoms with E-state index >= 15 is 0 Å². The average molecular weight is 637 g/mol. The lowest BCUT2D eigenvalue weighted by Gasteiger charge is -2.44. The summed E-state index contributed by atoms with van der Waals surface area (Å²) in [6, 6.07) is 4.87. The molecule has 4 aliphatic rings. The fraction of sp³-hybridized carbons (Fsp3) is 0.552. The number of hydrogen-bond acceptors (Lipinski definition) is 4. The highest BCUT2D eigenvalue weighted by atomic mass is 32.2. The number of sulfone groups is 1. The summed E-state index contributed by atoms with van der Waals surface area (Å²) in [6.07, 6.45) is -10.1. The number of fused-ring (bicyclic) bond motifs is 5. The number of alkyl halides is 7. The normalized spacial score (nSPS) is 29.3. The molecule has 3 saturated heterocycles. The molecule has 0 aromatic heterocycles. The molecule has 14 heteroatoms. The monoisotopic (exact) mass is 636 g/mol. The molecule has 1 unspecified atom stereocenters. The predicted octanol–water partition coefficient (Wildman–Crippen LogP) is 5.86. The number of piperidine rings is 1. The molecule has 2 aromatic carbocycles. The van der Waals surface area contributed by atoms with Crippen molar-refractivity contribution in [2.75, 3.05) is 6.54 Å². The Balaban J connectivity index is 1.48. The van der Waals surface area contributed by atoms with Crippen molar-refractivity contribution < 1.29 is 48.3 Å². The number of halogens is 8. The van der Waals surface area contributed by atoms with E-state index in [-0.39, 0.29) is 65.7 Å². The molecular weight excluding hydrogens is 608 g/mol. The minimum atomic E-state index is -6.33. The van der Waals surface area contributed by atoms with Gasteiger partial charge in [-0.1, -0.05) is 18.2 Å². The van der Waals surface area contributed by atoms with Crippen LogP contribution in [-0.2, 0) is 31.5 Å². The van der Waals surface area contributed by atoms with Gasteiger partial charge in [0.25, 0.3) is 0 Å². The van der Waals surface area contributed by atoms with Crippen molar-refractivity contribution in [2.24, 2.45) is 5.92 Å². The Morgan fingerprint density at radius 1 is 0.884 bits per heavy atom. The molecule has 1 amide bonds. The van der Waals surface area contributed by atoms with Gasteiger partial charge in [0.1, 0.15) is 10.6 Å². The Kier molecular flexibility index (Phi) is 6.96. The van der Waals surface area contributed by atoms with Crippen LogP contribution < -0.4 is 5.32 Å². The third kappa shape index (κ3) is 4.40. The first-order valence-electron chi connectivity index (χ1n) is 14.0. The van der Waals surface area contributed by atoms with Crippen LogP contribution in [0.2, 0.25) is 0 Å². The second kappa shape index (κ2) is 9.88.